The van der Waals surface area contributed by atoms with Gasteiger partial charge in [0.1, 0.15) is 23.5 Å². The number of aryl methyl sites for hydroxylation is 1. The first kappa shape index (κ1) is 24.1. The molecule has 0 aliphatic carbocycles. The molecule has 0 spiro atoms. The highest BCUT2D eigenvalue weighted by molar-refractivity contribution is 8.14. The molecule has 2 heterocycles. The monoisotopic (exact) mass is 482 g/mol. The van der Waals surface area contributed by atoms with Gasteiger partial charge in [-0.3, -0.25) is 20.5 Å². The predicted molar refractivity (Wildman–Crippen MR) is 137 cm³/mol. The number of benzene rings is 2. The van der Waals surface area contributed by atoms with Crippen molar-refractivity contribution in [2.45, 2.75) is 32.5 Å². The number of nitrogens with zero attached hydrogens (tertiary/aromatic N) is 2. The van der Waals surface area contributed by atoms with E-state index in [1.807, 2.05) is 30.0 Å². The standard InChI is InChI=1S/C24H30N6O3S/c1-5-15-8-6-7-9-18(15)30-22(25)21-14(2)28-29-23(21)27-24(30)34-13-20(31)26-17-11-10-16(32-3)12-19(17)33-4/h6-12,14,21,23,25,28-29H,5,13H2,1-4H3,(H,26,31). The van der Waals surface area contributed by atoms with Crippen LogP contribution >= 0.6 is 11.8 Å². The van der Waals surface area contributed by atoms with Crippen molar-refractivity contribution >= 4 is 40.0 Å². The summed E-state index contributed by atoms with van der Waals surface area (Å²) in [5, 5.41) is 12.5. The van der Waals surface area contributed by atoms with Gasteiger partial charge in [-0.05, 0) is 37.1 Å². The summed E-state index contributed by atoms with van der Waals surface area (Å²) in [7, 11) is 3.12. The lowest BCUT2D eigenvalue weighted by Crippen LogP contribution is -2.50. The van der Waals surface area contributed by atoms with E-state index in [0.29, 0.717) is 28.2 Å². The molecule has 4 N–H and O–H groups in total. The van der Waals surface area contributed by atoms with Gasteiger partial charge in [-0.25, -0.2) is 10.4 Å². The number of anilines is 2. The Bertz CT molecular complexity index is 1110. The fourth-order valence-electron chi connectivity index (χ4n) is 4.18. The molecule has 1 fully saturated rings. The average Bonchev–Trinajstić information content (AvgIpc) is 3.23. The number of carbonyl (C=O) groups excluding carboxylic acids is 1. The van der Waals surface area contributed by atoms with Crippen LogP contribution < -0.4 is 30.5 Å². The van der Waals surface area contributed by atoms with Gasteiger partial charge in [-0.1, -0.05) is 36.9 Å². The number of amides is 1. The van der Waals surface area contributed by atoms with Crippen LogP contribution in [0.3, 0.4) is 0 Å². The maximum atomic E-state index is 12.8. The second-order valence-corrected chi connectivity index (χ2v) is 9.01. The Kier molecular flexibility index (Phi) is 7.40. The van der Waals surface area contributed by atoms with Crippen molar-refractivity contribution in [2.24, 2.45) is 10.9 Å². The smallest absolute Gasteiger partial charge is 0.234 e. The van der Waals surface area contributed by atoms with E-state index in [1.165, 1.54) is 11.8 Å². The summed E-state index contributed by atoms with van der Waals surface area (Å²) in [6, 6.07) is 13.3. The summed E-state index contributed by atoms with van der Waals surface area (Å²) in [4.78, 5) is 19.6. The van der Waals surface area contributed by atoms with Crippen LogP contribution in [0.15, 0.2) is 47.5 Å². The van der Waals surface area contributed by atoms with Crippen LogP contribution in [0, 0.1) is 11.3 Å². The molecule has 2 aliphatic rings. The number of carbonyl (C=O) groups is 1. The number of thioether (sulfide) groups is 1. The highest BCUT2D eigenvalue weighted by Crippen LogP contribution is 2.34. The van der Waals surface area contributed by atoms with Crippen LogP contribution in [0.25, 0.3) is 0 Å². The van der Waals surface area contributed by atoms with Gasteiger partial charge in [0.25, 0.3) is 0 Å². The summed E-state index contributed by atoms with van der Waals surface area (Å²) in [6.45, 7) is 4.13. The second-order valence-electron chi connectivity index (χ2n) is 8.07. The summed E-state index contributed by atoms with van der Waals surface area (Å²) in [5.74, 6) is 1.46. The largest absolute Gasteiger partial charge is 0.497 e. The minimum Gasteiger partial charge on any atom is -0.497 e. The first-order valence-corrected chi connectivity index (χ1v) is 12.1. The van der Waals surface area contributed by atoms with E-state index in [2.05, 4.69) is 29.2 Å². The number of nitrogens with one attached hydrogen (secondary N) is 4. The van der Waals surface area contributed by atoms with Crippen molar-refractivity contribution in [2.75, 3.05) is 30.2 Å². The van der Waals surface area contributed by atoms with Gasteiger partial charge in [0.15, 0.2) is 5.17 Å². The van der Waals surface area contributed by atoms with E-state index in [1.54, 1.807) is 32.4 Å². The summed E-state index contributed by atoms with van der Waals surface area (Å²) in [6.07, 6.45) is 0.579. The van der Waals surface area contributed by atoms with Crippen LogP contribution in [-0.4, -0.2) is 49.1 Å². The van der Waals surface area contributed by atoms with Crippen LogP contribution in [0.1, 0.15) is 19.4 Å². The lowest BCUT2D eigenvalue weighted by atomic mass is 9.96. The SMILES string of the molecule is CCc1ccccc1N1C(=N)C2C(C)NNC2N=C1SCC(=O)Nc1ccc(OC)cc1OC. The van der Waals surface area contributed by atoms with Gasteiger partial charge < -0.3 is 14.8 Å². The molecule has 0 saturated carbocycles. The second kappa shape index (κ2) is 10.5. The Morgan fingerprint density at radius 3 is 2.74 bits per heavy atom. The molecule has 0 radical (unpaired) electrons. The zero-order chi connectivity index (χ0) is 24.2. The van der Waals surface area contributed by atoms with Crippen molar-refractivity contribution in [3.05, 3.63) is 48.0 Å². The number of amidine groups is 2. The molecular weight excluding hydrogens is 452 g/mol. The molecule has 180 valence electrons. The van der Waals surface area contributed by atoms with Gasteiger partial charge >= 0.3 is 0 Å². The number of aliphatic imine (C=N–C) groups is 1. The third kappa shape index (κ3) is 4.75. The van der Waals surface area contributed by atoms with Crippen molar-refractivity contribution < 1.29 is 14.3 Å². The predicted octanol–water partition coefficient (Wildman–Crippen LogP) is 3.23. The van der Waals surface area contributed by atoms with Crippen LogP contribution in [-0.2, 0) is 11.2 Å². The number of fused-ring (bicyclic) bond motifs is 1. The lowest BCUT2D eigenvalue weighted by molar-refractivity contribution is -0.113. The molecule has 3 atom stereocenters. The van der Waals surface area contributed by atoms with E-state index in [0.717, 1.165) is 17.7 Å². The van der Waals surface area contributed by atoms with E-state index in [-0.39, 0.29) is 29.8 Å². The highest BCUT2D eigenvalue weighted by Gasteiger charge is 2.44. The summed E-state index contributed by atoms with van der Waals surface area (Å²) < 4.78 is 10.6. The molecule has 0 bridgehead atoms. The fourth-order valence-corrected chi connectivity index (χ4v) is 5.02. The minimum atomic E-state index is -0.250. The van der Waals surface area contributed by atoms with Crippen LogP contribution in [0.2, 0.25) is 0 Å². The summed E-state index contributed by atoms with van der Waals surface area (Å²) in [5.41, 5.74) is 8.99. The molecular formula is C24H30N6O3S. The molecule has 2 aromatic rings. The van der Waals surface area contributed by atoms with Crippen molar-refractivity contribution in [3.8, 4) is 11.5 Å². The third-order valence-corrected chi connectivity index (χ3v) is 6.92. The van der Waals surface area contributed by atoms with Crippen molar-refractivity contribution in [3.63, 3.8) is 0 Å². The van der Waals surface area contributed by atoms with Crippen LogP contribution in [0.4, 0.5) is 11.4 Å². The third-order valence-electron chi connectivity index (χ3n) is 5.96. The van der Waals surface area contributed by atoms with Gasteiger partial charge in [-0.2, -0.15) is 0 Å². The molecule has 34 heavy (non-hydrogen) atoms. The Balaban J connectivity index is 1.56. The molecule has 4 rings (SSSR count). The lowest BCUT2D eigenvalue weighted by Gasteiger charge is -2.36. The van der Waals surface area contributed by atoms with Gasteiger partial charge in [0.05, 0.1) is 37.3 Å². The molecule has 1 amide bonds. The fraction of sp³-hybridized carbons (Fsp3) is 0.375. The maximum absolute atomic E-state index is 12.8. The number of hydrogen-bond donors (Lipinski definition) is 4. The number of para-hydroxylation sites is 1. The van der Waals surface area contributed by atoms with E-state index in [9.17, 15) is 4.79 Å². The molecule has 10 heteroatoms. The highest BCUT2D eigenvalue weighted by atomic mass is 32.2. The number of hydrogen-bond acceptors (Lipinski definition) is 8. The number of ether oxygens (including phenoxy) is 2. The van der Waals surface area contributed by atoms with Gasteiger partial charge in [-0.15, -0.1) is 0 Å². The average molecular weight is 483 g/mol. The minimum absolute atomic E-state index is 0.0647. The molecule has 2 aliphatic heterocycles. The first-order valence-electron chi connectivity index (χ1n) is 11.2. The van der Waals surface area contributed by atoms with Crippen LogP contribution in [0.5, 0.6) is 11.5 Å². The Labute approximate surface area is 203 Å². The molecule has 2 aromatic carbocycles. The van der Waals surface area contributed by atoms with Crippen molar-refractivity contribution in [1.29, 1.82) is 5.41 Å². The zero-order valence-electron chi connectivity index (χ0n) is 19.7. The van der Waals surface area contributed by atoms with Gasteiger partial charge in [0, 0.05) is 12.1 Å². The normalized spacial score (nSPS) is 21.6. The number of methoxy groups -OCH3 is 2. The number of rotatable bonds is 7. The Hall–Kier alpha value is -3.08. The molecule has 9 nitrogen and oxygen atoms in total. The van der Waals surface area contributed by atoms with Crippen molar-refractivity contribution in [1.82, 2.24) is 10.9 Å². The Morgan fingerprint density at radius 2 is 2.00 bits per heavy atom. The topological polar surface area (TPSA) is 111 Å². The molecule has 1 saturated heterocycles. The van der Waals surface area contributed by atoms with E-state index in [4.69, 9.17) is 19.9 Å². The maximum Gasteiger partial charge on any atom is 0.234 e. The quantitative estimate of drug-likeness (QED) is 0.479. The molecule has 0 aromatic heterocycles. The summed E-state index contributed by atoms with van der Waals surface area (Å²) >= 11 is 1.31. The molecule has 3 unspecified atom stereocenters. The Morgan fingerprint density at radius 1 is 1.21 bits per heavy atom. The number of hydrazine groups is 1. The zero-order valence-corrected chi connectivity index (χ0v) is 20.5. The van der Waals surface area contributed by atoms with Gasteiger partial charge in [0.2, 0.25) is 5.91 Å². The van der Waals surface area contributed by atoms with E-state index >= 15 is 0 Å². The van der Waals surface area contributed by atoms with E-state index < -0.39 is 0 Å². The first-order chi connectivity index (χ1) is 16.5.